The summed E-state index contributed by atoms with van der Waals surface area (Å²) in [6, 6.07) is 7.74. The molecule has 1 aliphatic heterocycles. The van der Waals surface area contributed by atoms with Gasteiger partial charge in [-0.25, -0.2) is 0 Å². The maximum atomic E-state index is 12.0. The average molecular weight is 282 g/mol. The van der Waals surface area contributed by atoms with Crippen LogP contribution in [-0.4, -0.2) is 17.6 Å². The van der Waals surface area contributed by atoms with Crippen molar-refractivity contribution < 1.29 is 9.53 Å². The summed E-state index contributed by atoms with van der Waals surface area (Å²) in [5.41, 5.74) is 0.729. The third kappa shape index (κ3) is 3.95. The summed E-state index contributed by atoms with van der Waals surface area (Å²) in [7, 11) is 0. The average Bonchev–Trinajstić information content (AvgIpc) is 2.77. The molecule has 1 fully saturated rings. The summed E-state index contributed by atoms with van der Waals surface area (Å²) in [6.45, 7) is 5.66. The molecule has 1 heterocycles. The first-order valence-electron chi connectivity index (χ1n) is 6.59. The summed E-state index contributed by atoms with van der Waals surface area (Å²) in [4.78, 5) is 12.0. The minimum absolute atomic E-state index is 0.163. The number of benzene rings is 1. The van der Waals surface area contributed by atoms with Crippen LogP contribution in [0.5, 0.6) is 0 Å². The minimum atomic E-state index is -0.433. The Morgan fingerprint density at radius 2 is 1.89 bits per heavy atom. The minimum Gasteiger partial charge on any atom is -0.459 e. The Kier molecular flexibility index (Phi) is 4.16. The van der Waals surface area contributed by atoms with E-state index >= 15 is 0 Å². The lowest BCUT2D eigenvalue weighted by atomic mass is 10.1. The van der Waals surface area contributed by atoms with E-state index in [0.717, 1.165) is 23.4 Å². The van der Waals surface area contributed by atoms with Gasteiger partial charge in [0.1, 0.15) is 11.6 Å². The van der Waals surface area contributed by atoms with Gasteiger partial charge in [0.2, 0.25) is 0 Å². The van der Waals surface area contributed by atoms with Crippen LogP contribution in [0.2, 0.25) is 5.02 Å². The molecule has 1 aromatic rings. The van der Waals surface area contributed by atoms with Gasteiger partial charge in [0, 0.05) is 11.1 Å². The van der Waals surface area contributed by atoms with E-state index < -0.39 is 5.60 Å². The van der Waals surface area contributed by atoms with Gasteiger partial charge in [0.15, 0.2) is 0 Å². The van der Waals surface area contributed by atoms with Crippen molar-refractivity contribution in [1.29, 1.82) is 0 Å². The molecular formula is C15H20ClNO2. The van der Waals surface area contributed by atoms with Crippen molar-refractivity contribution in [2.75, 3.05) is 0 Å². The van der Waals surface area contributed by atoms with Gasteiger partial charge < -0.3 is 4.74 Å². The Hall–Kier alpha value is -1.06. The number of rotatable bonds is 2. The predicted molar refractivity (Wildman–Crippen MR) is 76.2 cm³/mol. The van der Waals surface area contributed by atoms with Crippen LogP contribution < -0.4 is 5.32 Å². The molecule has 0 bridgehead atoms. The van der Waals surface area contributed by atoms with E-state index in [0.29, 0.717) is 0 Å². The molecule has 1 aromatic carbocycles. The third-order valence-corrected chi connectivity index (χ3v) is 3.36. The molecule has 2 atom stereocenters. The highest BCUT2D eigenvalue weighted by atomic mass is 35.5. The highest BCUT2D eigenvalue weighted by Gasteiger charge is 2.32. The van der Waals surface area contributed by atoms with Crippen molar-refractivity contribution in [1.82, 2.24) is 5.32 Å². The molecule has 0 aliphatic carbocycles. The van der Waals surface area contributed by atoms with Gasteiger partial charge in [-0.3, -0.25) is 10.1 Å². The van der Waals surface area contributed by atoms with Gasteiger partial charge in [-0.05, 0) is 51.3 Å². The second-order valence-corrected chi connectivity index (χ2v) is 6.37. The molecule has 0 unspecified atom stereocenters. The lowest BCUT2D eigenvalue weighted by Crippen LogP contribution is -2.38. The normalized spacial score (nSPS) is 23.4. The van der Waals surface area contributed by atoms with Crippen LogP contribution in [0.1, 0.15) is 45.2 Å². The molecule has 0 spiro atoms. The van der Waals surface area contributed by atoms with Gasteiger partial charge in [-0.15, -0.1) is 0 Å². The maximum absolute atomic E-state index is 12.0. The van der Waals surface area contributed by atoms with Gasteiger partial charge >= 0.3 is 5.97 Å². The van der Waals surface area contributed by atoms with Crippen LogP contribution >= 0.6 is 11.6 Å². The Bertz CT molecular complexity index is 450. The van der Waals surface area contributed by atoms with E-state index in [1.807, 2.05) is 45.0 Å². The predicted octanol–water partition coefficient (Wildman–Crippen LogP) is 3.47. The van der Waals surface area contributed by atoms with Crippen LogP contribution in [0.15, 0.2) is 24.3 Å². The van der Waals surface area contributed by atoms with E-state index in [4.69, 9.17) is 16.3 Å². The SMILES string of the molecule is CC(C)(C)OC(=O)[C@@H]1CC[C@@H](c2ccc(Cl)cc2)N1. The summed E-state index contributed by atoms with van der Waals surface area (Å²) < 4.78 is 5.40. The first-order valence-corrected chi connectivity index (χ1v) is 6.97. The molecule has 104 valence electrons. The van der Waals surface area contributed by atoms with Gasteiger partial charge in [-0.2, -0.15) is 0 Å². The lowest BCUT2D eigenvalue weighted by Gasteiger charge is -2.22. The number of carbonyl (C=O) groups is 1. The molecule has 0 amide bonds. The van der Waals surface area contributed by atoms with Crippen LogP contribution in [0.25, 0.3) is 0 Å². The topological polar surface area (TPSA) is 38.3 Å². The van der Waals surface area contributed by atoms with Gasteiger partial charge in [-0.1, -0.05) is 23.7 Å². The second-order valence-electron chi connectivity index (χ2n) is 5.93. The van der Waals surface area contributed by atoms with Crippen LogP contribution in [0, 0.1) is 0 Å². The quantitative estimate of drug-likeness (QED) is 0.844. The molecule has 1 saturated heterocycles. The van der Waals surface area contributed by atoms with Crippen LogP contribution in [0.3, 0.4) is 0 Å². The smallest absolute Gasteiger partial charge is 0.323 e. The molecular weight excluding hydrogens is 262 g/mol. The molecule has 0 radical (unpaired) electrons. The zero-order chi connectivity index (χ0) is 14.0. The number of carbonyl (C=O) groups excluding carboxylic acids is 1. The molecule has 1 aliphatic rings. The van der Waals surface area contributed by atoms with E-state index in [1.54, 1.807) is 0 Å². The fraction of sp³-hybridized carbons (Fsp3) is 0.533. The zero-order valence-corrected chi connectivity index (χ0v) is 12.3. The van der Waals surface area contributed by atoms with Crippen molar-refractivity contribution in [3.8, 4) is 0 Å². The van der Waals surface area contributed by atoms with E-state index in [2.05, 4.69) is 5.32 Å². The first-order chi connectivity index (χ1) is 8.85. The number of nitrogens with one attached hydrogen (secondary N) is 1. The Balaban J connectivity index is 1.96. The molecule has 0 saturated carbocycles. The van der Waals surface area contributed by atoms with Crippen LogP contribution in [0.4, 0.5) is 0 Å². The van der Waals surface area contributed by atoms with E-state index in [9.17, 15) is 4.79 Å². The monoisotopic (exact) mass is 281 g/mol. The number of ether oxygens (including phenoxy) is 1. The fourth-order valence-electron chi connectivity index (χ4n) is 2.26. The van der Waals surface area contributed by atoms with Gasteiger partial charge in [0.05, 0.1) is 0 Å². The highest BCUT2D eigenvalue weighted by molar-refractivity contribution is 6.30. The number of esters is 1. The largest absolute Gasteiger partial charge is 0.459 e. The molecule has 0 aromatic heterocycles. The zero-order valence-electron chi connectivity index (χ0n) is 11.6. The van der Waals surface area contributed by atoms with Gasteiger partial charge in [0.25, 0.3) is 0 Å². The fourth-order valence-corrected chi connectivity index (χ4v) is 2.39. The molecule has 4 heteroatoms. The first kappa shape index (κ1) is 14.4. The van der Waals surface area contributed by atoms with Crippen LogP contribution in [-0.2, 0) is 9.53 Å². The summed E-state index contributed by atoms with van der Waals surface area (Å²) in [5, 5.41) is 4.06. The molecule has 19 heavy (non-hydrogen) atoms. The molecule has 1 N–H and O–H groups in total. The summed E-state index contributed by atoms with van der Waals surface area (Å²) in [6.07, 6.45) is 1.74. The van der Waals surface area contributed by atoms with Crippen molar-refractivity contribution in [3.63, 3.8) is 0 Å². The number of hydrogen-bond acceptors (Lipinski definition) is 3. The van der Waals surface area contributed by atoms with Crippen molar-refractivity contribution in [2.24, 2.45) is 0 Å². The van der Waals surface area contributed by atoms with Crippen molar-refractivity contribution >= 4 is 17.6 Å². The molecule has 3 nitrogen and oxygen atoms in total. The van der Waals surface area contributed by atoms with Crippen molar-refractivity contribution in [2.45, 2.75) is 51.3 Å². The third-order valence-electron chi connectivity index (χ3n) is 3.11. The van der Waals surface area contributed by atoms with E-state index in [-0.39, 0.29) is 18.1 Å². The Morgan fingerprint density at radius 3 is 2.47 bits per heavy atom. The Morgan fingerprint density at radius 1 is 1.26 bits per heavy atom. The second kappa shape index (κ2) is 5.51. The molecule has 2 rings (SSSR count). The van der Waals surface area contributed by atoms with E-state index in [1.165, 1.54) is 0 Å². The van der Waals surface area contributed by atoms with Crippen molar-refractivity contribution in [3.05, 3.63) is 34.9 Å². The standard InChI is InChI=1S/C15H20ClNO2/c1-15(2,3)19-14(18)13-9-8-12(17-13)10-4-6-11(16)7-5-10/h4-7,12-13,17H,8-9H2,1-3H3/t12-,13-/m0/s1. The Labute approximate surface area is 119 Å². The lowest BCUT2D eigenvalue weighted by molar-refractivity contribution is -0.157. The number of halogens is 1. The maximum Gasteiger partial charge on any atom is 0.323 e. The summed E-state index contributed by atoms with van der Waals surface area (Å²) >= 11 is 5.88. The summed E-state index contributed by atoms with van der Waals surface area (Å²) in [5.74, 6) is -0.163. The number of hydrogen-bond donors (Lipinski definition) is 1. The highest BCUT2D eigenvalue weighted by Crippen LogP contribution is 2.28.